The highest BCUT2D eigenvalue weighted by molar-refractivity contribution is 5.94. The number of hydrogen-bond acceptors (Lipinski definition) is 7. The molecule has 1 aromatic heterocycles. The topological polar surface area (TPSA) is 140 Å². The van der Waals surface area contributed by atoms with Crippen LogP contribution in [-0.2, 0) is 23.1 Å². The summed E-state index contributed by atoms with van der Waals surface area (Å²) >= 11 is 0. The standard InChI is InChI=1S/C27H29FN8O2/c1-30-25(38)19-6-8-22-17(13-19)4-5-18-14-20(28)7-9-23(18)27(22,26-32-34-35-33-26)10-11-31-16-24(37)36-12-2-3-21(36)15-29/h6-9,13-14,21,31H,2-5,10-12,16H2,1H3,(H,30,38)(H,32,33,34,35). The fraction of sp³-hybridized carbons (Fsp3) is 0.407. The van der Waals surface area contributed by atoms with Gasteiger partial charge in [-0.05, 0) is 85.2 Å². The van der Waals surface area contributed by atoms with Gasteiger partial charge in [-0.1, -0.05) is 17.3 Å². The molecule has 0 bridgehead atoms. The summed E-state index contributed by atoms with van der Waals surface area (Å²) in [6.07, 6.45) is 3.16. The molecular formula is C27H29FN8O2. The molecule has 1 saturated heterocycles. The van der Waals surface area contributed by atoms with Crippen LogP contribution < -0.4 is 10.6 Å². The molecule has 2 aliphatic rings. The molecule has 2 unspecified atom stereocenters. The van der Waals surface area contributed by atoms with E-state index in [-0.39, 0.29) is 30.2 Å². The Morgan fingerprint density at radius 3 is 2.68 bits per heavy atom. The number of H-pyrrole nitrogens is 1. The first-order valence-electron chi connectivity index (χ1n) is 12.8. The summed E-state index contributed by atoms with van der Waals surface area (Å²) in [7, 11) is 1.59. The van der Waals surface area contributed by atoms with Crippen LogP contribution in [0.3, 0.4) is 0 Å². The van der Waals surface area contributed by atoms with Gasteiger partial charge in [-0.25, -0.2) is 4.39 Å². The van der Waals surface area contributed by atoms with Crippen molar-refractivity contribution in [2.24, 2.45) is 0 Å². The fourth-order valence-corrected chi connectivity index (χ4v) is 5.84. The van der Waals surface area contributed by atoms with E-state index in [1.54, 1.807) is 30.1 Å². The number of aromatic nitrogens is 4. The first-order chi connectivity index (χ1) is 18.5. The van der Waals surface area contributed by atoms with E-state index in [4.69, 9.17) is 0 Å². The molecule has 3 N–H and O–H groups in total. The molecule has 11 heteroatoms. The second-order valence-corrected chi connectivity index (χ2v) is 9.69. The molecule has 2 heterocycles. The highest BCUT2D eigenvalue weighted by Crippen LogP contribution is 2.46. The molecule has 2 amide bonds. The van der Waals surface area contributed by atoms with Gasteiger partial charge in [0.15, 0.2) is 5.82 Å². The predicted molar refractivity (Wildman–Crippen MR) is 136 cm³/mol. The van der Waals surface area contributed by atoms with Crippen LogP contribution >= 0.6 is 0 Å². The van der Waals surface area contributed by atoms with Crippen LogP contribution in [0.5, 0.6) is 0 Å². The van der Waals surface area contributed by atoms with Crippen LogP contribution in [0.4, 0.5) is 4.39 Å². The van der Waals surface area contributed by atoms with Crippen LogP contribution in [0.15, 0.2) is 36.4 Å². The minimum atomic E-state index is -0.901. The Bertz CT molecular complexity index is 1390. The normalized spacial score (nSPS) is 20.2. The van der Waals surface area contributed by atoms with E-state index in [2.05, 4.69) is 37.3 Å². The summed E-state index contributed by atoms with van der Waals surface area (Å²) in [5.74, 6) is -0.201. The molecule has 1 aliphatic carbocycles. The average Bonchev–Trinajstić information content (AvgIpc) is 3.63. The summed E-state index contributed by atoms with van der Waals surface area (Å²) in [5.41, 5.74) is 3.18. The number of rotatable bonds is 7. The van der Waals surface area contributed by atoms with Crippen molar-refractivity contribution in [3.8, 4) is 6.07 Å². The molecule has 1 aliphatic heterocycles. The van der Waals surface area contributed by atoms with Crippen molar-refractivity contribution in [1.29, 1.82) is 5.26 Å². The zero-order valence-electron chi connectivity index (χ0n) is 21.1. The molecule has 0 radical (unpaired) electrons. The van der Waals surface area contributed by atoms with Gasteiger partial charge in [0.2, 0.25) is 5.91 Å². The SMILES string of the molecule is CNC(=O)c1ccc2c(c1)CCc1cc(F)ccc1C2(CCNCC(=O)N1CCCC1C#N)c1nn[nH]n1. The summed E-state index contributed by atoms with van der Waals surface area (Å²) in [4.78, 5) is 26.8. The lowest BCUT2D eigenvalue weighted by atomic mass is 9.69. The lowest BCUT2D eigenvalue weighted by Crippen LogP contribution is -2.42. The van der Waals surface area contributed by atoms with Crippen molar-refractivity contribution < 1.29 is 14.0 Å². The third kappa shape index (κ3) is 4.52. The molecule has 3 aromatic rings. The number of aryl methyl sites for hydroxylation is 2. The highest BCUT2D eigenvalue weighted by Gasteiger charge is 2.44. The summed E-state index contributed by atoms with van der Waals surface area (Å²) in [5, 5.41) is 30.4. The maximum Gasteiger partial charge on any atom is 0.251 e. The predicted octanol–water partition coefficient (Wildman–Crippen LogP) is 1.63. The average molecular weight is 517 g/mol. The second kappa shape index (κ2) is 10.7. The number of hydrogen-bond donors (Lipinski definition) is 3. The molecule has 1 fully saturated rings. The summed E-state index contributed by atoms with van der Waals surface area (Å²) in [6, 6.07) is 12.1. The van der Waals surface area contributed by atoms with Crippen molar-refractivity contribution in [1.82, 2.24) is 36.2 Å². The third-order valence-corrected chi connectivity index (χ3v) is 7.65. The van der Waals surface area contributed by atoms with E-state index in [1.807, 2.05) is 12.1 Å². The number of carbonyl (C=O) groups excluding carboxylic acids is 2. The maximum absolute atomic E-state index is 14.4. The van der Waals surface area contributed by atoms with E-state index >= 15 is 0 Å². The molecule has 2 aromatic carbocycles. The Labute approximate surface area is 219 Å². The van der Waals surface area contributed by atoms with Crippen molar-refractivity contribution >= 4 is 11.8 Å². The van der Waals surface area contributed by atoms with Gasteiger partial charge in [0.1, 0.15) is 11.9 Å². The zero-order chi connectivity index (χ0) is 26.7. The minimum absolute atomic E-state index is 0.0965. The van der Waals surface area contributed by atoms with Gasteiger partial charge in [-0.2, -0.15) is 10.5 Å². The lowest BCUT2D eigenvalue weighted by Gasteiger charge is -2.34. The molecule has 10 nitrogen and oxygen atoms in total. The number of halogens is 1. The molecule has 2 atom stereocenters. The molecule has 5 rings (SSSR count). The number of benzene rings is 2. The molecule has 0 saturated carbocycles. The largest absolute Gasteiger partial charge is 0.355 e. The minimum Gasteiger partial charge on any atom is -0.355 e. The number of likely N-dealkylation sites (tertiary alicyclic amines) is 1. The fourth-order valence-electron chi connectivity index (χ4n) is 5.84. The van der Waals surface area contributed by atoms with Gasteiger partial charge in [0, 0.05) is 19.2 Å². The Morgan fingerprint density at radius 2 is 1.97 bits per heavy atom. The smallest absolute Gasteiger partial charge is 0.251 e. The van der Waals surface area contributed by atoms with Crippen molar-refractivity contribution in [2.45, 2.75) is 43.6 Å². The first-order valence-corrected chi connectivity index (χ1v) is 12.8. The number of nitrogens with zero attached hydrogens (tertiary/aromatic N) is 5. The van der Waals surface area contributed by atoms with Crippen LogP contribution in [-0.4, -0.2) is 70.1 Å². The van der Waals surface area contributed by atoms with Gasteiger partial charge < -0.3 is 15.5 Å². The highest BCUT2D eigenvalue weighted by atomic mass is 19.1. The Hall–Kier alpha value is -4.17. The van der Waals surface area contributed by atoms with Crippen molar-refractivity contribution in [2.75, 3.05) is 26.7 Å². The third-order valence-electron chi connectivity index (χ3n) is 7.65. The zero-order valence-corrected chi connectivity index (χ0v) is 21.1. The van der Waals surface area contributed by atoms with E-state index in [9.17, 15) is 19.2 Å². The van der Waals surface area contributed by atoms with E-state index < -0.39 is 5.41 Å². The van der Waals surface area contributed by atoms with E-state index in [0.717, 1.165) is 28.7 Å². The summed E-state index contributed by atoms with van der Waals surface area (Å²) < 4.78 is 14.4. The Kier molecular flexibility index (Phi) is 7.15. The maximum atomic E-state index is 14.4. The van der Waals surface area contributed by atoms with E-state index in [0.29, 0.717) is 50.2 Å². The van der Waals surface area contributed by atoms with Crippen LogP contribution in [0.25, 0.3) is 0 Å². The number of aromatic amines is 1. The summed E-state index contributed by atoms with van der Waals surface area (Å²) in [6.45, 7) is 1.10. The quantitative estimate of drug-likeness (QED) is 0.406. The van der Waals surface area contributed by atoms with Gasteiger partial charge >= 0.3 is 0 Å². The number of nitriles is 1. The van der Waals surface area contributed by atoms with Gasteiger partial charge in [-0.15, -0.1) is 10.2 Å². The second-order valence-electron chi connectivity index (χ2n) is 9.69. The Balaban J connectivity index is 1.52. The number of fused-ring (bicyclic) bond motifs is 2. The van der Waals surface area contributed by atoms with Crippen LogP contribution in [0.2, 0.25) is 0 Å². The Morgan fingerprint density at radius 1 is 1.21 bits per heavy atom. The van der Waals surface area contributed by atoms with Gasteiger partial charge in [0.25, 0.3) is 5.91 Å². The molecule has 0 spiro atoms. The van der Waals surface area contributed by atoms with Crippen LogP contribution in [0, 0.1) is 17.1 Å². The first kappa shape index (κ1) is 25.5. The van der Waals surface area contributed by atoms with Crippen LogP contribution in [0.1, 0.15) is 57.7 Å². The monoisotopic (exact) mass is 516 g/mol. The number of nitrogens with one attached hydrogen (secondary N) is 3. The van der Waals surface area contributed by atoms with Crippen molar-refractivity contribution in [3.63, 3.8) is 0 Å². The molecular weight excluding hydrogens is 487 g/mol. The van der Waals surface area contributed by atoms with Gasteiger partial charge in [0.05, 0.1) is 18.0 Å². The molecule has 38 heavy (non-hydrogen) atoms. The number of amides is 2. The number of carbonyl (C=O) groups is 2. The van der Waals surface area contributed by atoms with Gasteiger partial charge in [-0.3, -0.25) is 9.59 Å². The lowest BCUT2D eigenvalue weighted by molar-refractivity contribution is -0.130. The molecule has 196 valence electrons. The number of tetrazole rings is 1. The van der Waals surface area contributed by atoms with Crippen molar-refractivity contribution in [3.05, 3.63) is 75.9 Å². The van der Waals surface area contributed by atoms with E-state index in [1.165, 1.54) is 6.07 Å².